The first kappa shape index (κ1) is 13.6. The first-order valence-corrected chi connectivity index (χ1v) is 5.96. The lowest BCUT2D eigenvalue weighted by molar-refractivity contribution is -0.135. The molecule has 0 bridgehead atoms. The molecular formula is C14H16O5. The SMILES string of the molecule is COc1ccc(/C=C/C(=O)O)c(COC2COC2)c1. The van der Waals surface area contributed by atoms with Crippen LogP contribution in [0.1, 0.15) is 11.1 Å². The van der Waals surface area contributed by atoms with E-state index in [0.29, 0.717) is 19.8 Å². The molecule has 5 heteroatoms. The van der Waals surface area contributed by atoms with Gasteiger partial charge in [-0.2, -0.15) is 0 Å². The molecule has 0 spiro atoms. The molecule has 2 rings (SSSR count). The van der Waals surface area contributed by atoms with E-state index in [1.165, 1.54) is 0 Å². The molecule has 0 atom stereocenters. The van der Waals surface area contributed by atoms with E-state index in [0.717, 1.165) is 23.0 Å². The molecule has 1 N–H and O–H groups in total. The van der Waals surface area contributed by atoms with Crippen LogP contribution < -0.4 is 4.74 Å². The van der Waals surface area contributed by atoms with Gasteiger partial charge in [-0.1, -0.05) is 6.07 Å². The number of hydrogen-bond acceptors (Lipinski definition) is 4. The van der Waals surface area contributed by atoms with Crippen molar-refractivity contribution in [1.29, 1.82) is 0 Å². The fourth-order valence-electron chi connectivity index (χ4n) is 1.68. The third-order valence-electron chi connectivity index (χ3n) is 2.84. The van der Waals surface area contributed by atoms with Crippen molar-refractivity contribution in [2.45, 2.75) is 12.7 Å². The topological polar surface area (TPSA) is 65.0 Å². The van der Waals surface area contributed by atoms with Crippen LogP contribution in [0.25, 0.3) is 6.08 Å². The number of rotatable bonds is 6. The summed E-state index contributed by atoms with van der Waals surface area (Å²) < 4.78 is 15.8. The lowest BCUT2D eigenvalue weighted by atomic mass is 10.1. The van der Waals surface area contributed by atoms with Crippen molar-refractivity contribution in [3.8, 4) is 5.75 Å². The van der Waals surface area contributed by atoms with Gasteiger partial charge in [0.15, 0.2) is 0 Å². The Morgan fingerprint density at radius 3 is 2.89 bits per heavy atom. The van der Waals surface area contributed by atoms with E-state index in [1.54, 1.807) is 19.3 Å². The molecule has 0 saturated carbocycles. The van der Waals surface area contributed by atoms with Gasteiger partial charge in [-0.25, -0.2) is 4.79 Å². The molecule has 0 aromatic heterocycles. The Morgan fingerprint density at radius 1 is 1.53 bits per heavy atom. The molecule has 1 aromatic carbocycles. The van der Waals surface area contributed by atoms with Crippen molar-refractivity contribution in [2.75, 3.05) is 20.3 Å². The molecule has 19 heavy (non-hydrogen) atoms. The van der Waals surface area contributed by atoms with Crippen LogP contribution in [-0.2, 0) is 20.9 Å². The number of carboxylic acid groups (broad SMARTS) is 1. The van der Waals surface area contributed by atoms with Crippen molar-refractivity contribution in [3.63, 3.8) is 0 Å². The maximum Gasteiger partial charge on any atom is 0.328 e. The van der Waals surface area contributed by atoms with Gasteiger partial charge in [0, 0.05) is 6.08 Å². The first-order valence-electron chi connectivity index (χ1n) is 5.96. The Morgan fingerprint density at radius 2 is 2.32 bits per heavy atom. The smallest absolute Gasteiger partial charge is 0.328 e. The number of methoxy groups -OCH3 is 1. The highest BCUT2D eigenvalue weighted by molar-refractivity contribution is 5.85. The van der Waals surface area contributed by atoms with Crippen LogP contribution in [0.3, 0.4) is 0 Å². The molecule has 0 radical (unpaired) electrons. The monoisotopic (exact) mass is 264 g/mol. The van der Waals surface area contributed by atoms with Crippen LogP contribution >= 0.6 is 0 Å². The van der Waals surface area contributed by atoms with E-state index in [2.05, 4.69) is 0 Å². The standard InChI is InChI=1S/C14H16O5/c1-17-12-4-2-10(3-5-14(15)16)11(6-12)7-19-13-8-18-9-13/h2-6,13H,7-9H2,1H3,(H,15,16)/b5-3+. The minimum Gasteiger partial charge on any atom is -0.497 e. The largest absolute Gasteiger partial charge is 0.497 e. The van der Waals surface area contributed by atoms with Crippen molar-refractivity contribution < 1.29 is 24.1 Å². The normalized spacial score (nSPS) is 15.4. The fourth-order valence-corrected chi connectivity index (χ4v) is 1.68. The maximum atomic E-state index is 10.6. The van der Waals surface area contributed by atoms with Gasteiger partial charge < -0.3 is 19.3 Å². The second-order valence-electron chi connectivity index (χ2n) is 4.21. The molecule has 5 nitrogen and oxygen atoms in total. The fraction of sp³-hybridized carbons (Fsp3) is 0.357. The maximum absolute atomic E-state index is 10.6. The molecule has 0 aliphatic carbocycles. The summed E-state index contributed by atoms with van der Waals surface area (Å²) in [5.74, 6) is -0.258. The third-order valence-corrected chi connectivity index (χ3v) is 2.84. The van der Waals surface area contributed by atoms with Crippen molar-refractivity contribution in [1.82, 2.24) is 0 Å². The van der Waals surface area contributed by atoms with Crippen LogP contribution in [0.5, 0.6) is 5.75 Å². The highest BCUT2D eigenvalue weighted by Gasteiger charge is 2.19. The van der Waals surface area contributed by atoms with Crippen molar-refractivity contribution >= 4 is 12.0 Å². The summed E-state index contributed by atoms with van der Waals surface area (Å²) in [5.41, 5.74) is 1.70. The first-order chi connectivity index (χ1) is 9.19. The lowest BCUT2D eigenvalue weighted by Crippen LogP contribution is -2.35. The zero-order valence-corrected chi connectivity index (χ0v) is 10.7. The Balaban J connectivity index is 2.12. The van der Waals surface area contributed by atoms with Gasteiger partial charge in [-0.15, -0.1) is 0 Å². The zero-order valence-electron chi connectivity index (χ0n) is 10.7. The summed E-state index contributed by atoms with van der Waals surface area (Å²) in [6, 6.07) is 5.45. The third kappa shape index (κ3) is 3.81. The Bertz CT molecular complexity index is 477. The summed E-state index contributed by atoms with van der Waals surface area (Å²) in [4.78, 5) is 10.6. The van der Waals surface area contributed by atoms with Crippen LogP contribution in [-0.4, -0.2) is 37.5 Å². The Kier molecular flexibility index (Phi) is 4.54. The molecule has 1 aliphatic rings. The van der Waals surface area contributed by atoms with E-state index in [1.807, 2.05) is 12.1 Å². The summed E-state index contributed by atoms with van der Waals surface area (Å²) in [6.45, 7) is 1.64. The molecule has 0 unspecified atom stereocenters. The number of aliphatic carboxylic acids is 1. The van der Waals surface area contributed by atoms with Crippen LogP contribution in [0.2, 0.25) is 0 Å². The predicted octanol–water partition coefficient (Wildman–Crippen LogP) is 1.71. The van der Waals surface area contributed by atoms with E-state index in [9.17, 15) is 4.79 Å². The van der Waals surface area contributed by atoms with Gasteiger partial charge in [-0.3, -0.25) is 0 Å². The van der Waals surface area contributed by atoms with Gasteiger partial charge >= 0.3 is 5.97 Å². The second-order valence-corrected chi connectivity index (χ2v) is 4.21. The molecule has 0 amide bonds. The van der Waals surface area contributed by atoms with Crippen molar-refractivity contribution in [3.05, 3.63) is 35.4 Å². The molecule has 1 aliphatic heterocycles. The number of hydrogen-bond donors (Lipinski definition) is 1. The van der Waals surface area contributed by atoms with Gasteiger partial charge in [0.1, 0.15) is 11.9 Å². The number of carboxylic acids is 1. The van der Waals surface area contributed by atoms with Gasteiger partial charge in [0.2, 0.25) is 0 Å². The van der Waals surface area contributed by atoms with Gasteiger partial charge in [0.05, 0.1) is 26.9 Å². The highest BCUT2D eigenvalue weighted by Crippen LogP contribution is 2.21. The van der Waals surface area contributed by atoms with Crippen LogP contribution in [0.4, 0.5) is 0 Å². The van der Waals surface area contributed by atoms with E-state index in [4.69, 9.17) is 19.3 Å². The molecule has 102 valence electrons. The molecule has 1 saturated heterocycles. The average molecular weight is 264 g/mol. The Hall–Kier alpha value is -1.85. The minimum absolute atomic E-state index is 0.127. The Labute approximate surface area is 111 Å². The summed E-state index contributed by atoms with van der Waals surface area (Å²) in [6.07, 6.45) is 2.79. The molecular weight excluding hydrogens is 248 g/mol. The van der Waals surface area contributed by atoms with Gasteiger partial charge in [0.25, 0.3) is 0 Å². The van der Waals surface area contributed by atoms with Crippen molar-refractivity contribution in [2.24, 2.45) is 0 Å². The quantitative estimate of drug-likeness (QED) is 0.792. The number of carbonyl (C=O) groups is 1. The summed E-state index contributed by atoms with van der Waals surface area (Å²) in [5, 5.41) is 8.67. The van der Waals surface area contributed by atoms with E-state index >= 15 is 0 Å². The molecule has 1 heterocycles. The van der Waals surface area contributed by atoms with Crippen LogP contribution in [0.15, 0.2) is 24.3 Å². The van der Waals surface area contributed by atoms with Crippen LogP contribution in [0, 0.1) is 0 Å². The van der Waals surface area contributed by atoms with E-state index < -0.39 is 5.97 Å². The average Bonchev–Trinajstić information content (AvgIpc) is 2.35. The second kappa shape index (κ2) is 6.36. The highest BCUT2D eigenvalue weighted by atomic mass is 16.6. The molecule has 1 fully saturated rings. The number of benzene rings is 1. The van der Waals surface area contributed by atoms with E-state index in [-0.39, 0.29) is 6.10 Å². The number of ether oxygens (including phenoxy) is 3. The van der Waals surface area contributed by atoms with Gasteiger partial charge in [-0.05, 0) is 29.3 Å². The molecule has 1 aromatic rings. The lowest BCUT2D eigenvalue weighted by Gasteiger charge is -2.26. The predicted molar refractivity (Wildman–Crippen MR) is 69.1 cm³/mol. The summed E-state index contributed by atoms with van der Waals surface area (Å²) >= 11 is 0. The minimum atomic E-state index is -0.977. The summed E-state index contributed by atoms with van der Waals surface area (Å²) in [7, 11) is 1.59. The zero-order chi connectivity index (χ0) is 13.7.